The van der Waals surface area contributed by atoms with Gasteiger partial charge in [-0.25, -0.2) is 0 Å². The minimum atomic E-state index is 0.612. The Morgan fingerprint density at radius 3 is 2.52 bits per heavy atom. The molecule has 1 aromatic heterocycles. The van der Waals surface area contributed by atoms with Crippen LogP contribution in [0.25, 0.3) is 10.8 Å². The molecule has 4 heteroatoms. The van der Waals surface area contributed by atoms with Gasteiger partial charge in [-0.1, -0.05) is 42.1 Å². The number of hydrogen-bond acceptors (Lipinski definition) is 4. The van der Waals surface area contributed by atoms with Gasteiger partial charge in [-0.3, -0.25) is 0 Å². The second-order valence-corrected chi connectivity index (χ2v) is 5.88. The molecule has 3 aromatic rings. The van der Waals surface area contributed by atoms with Crippen LogP contribution < -0.4 is 0 Å². The van der Waals surface area contributed by atoms with Gasteiger partial charge in [0.15, 0.2) is 0 Å². The number of nitrogens with zero attached hydrogens (tertiary/aromatic N) is 3. The third kappa shape index (κ3) is 2.61. The van der Waals surface area contributed by atoms with Crippen LogP contribution in [0.2, 0.25) is 0 Å². The zero-order chi connectivity index (χ0) is 14.8. The molecular formula is C17H13N3S. The third-order valence-corrected chi connectivity index (χ3v) is 4.44. The van der Waals surface area contributed by atoms with E-state index in [-0.39, 0.29) is 0 Å². The van der Waals surface area contributed by atoms with Crippen molar-refractivity contribution in [3.8, 4) is 6.07 Å². The van der Waals surface area contributed by atoms with Gasteiger partial charge < -0.3 is 0 Å². The van der Waals surface area contributed by atoms with Gasteiger partial charge in [0, 0.05) is 4.90 Å². The molecule has 21 heavy (non-hydrogen) atoms. The number of fused-ring (bicyclic) bond motifs is 1. The van der Waals surface area contributed by atoms with Crippen molar-refractivity contribution < 1.29 is 0 Å². The summed E-state index contributed by atoms with van der Waals surface area (Å²) in [6.45, 7) is 3.78. The molecule has 0 bridgehead atoms. The van der Waals surface area contributed by atoms with Crippen molar-refractivity contribution in [1.29, 1.82) is 5.26 Å². The summed E-state index contributed by atoms with van der Waals surface area (Å²) in [4.78, 5) is 1.06. The minimum Gasteiger partial charge on any atom is -0.192 e. The van der Waals surface area contributed by atoms with E-state index in [0.717, 1.165) is 16.2 Å². The van der Waals surface area contributed by atoms with Crippen LogP contribution in [0.4, 0.5) is 0 Å². The molecule has 0 spiro atoms. The van der Waals surface area contributed by atoms with E-state index in [2.05, 4.69) is 40.5 Å². The van der Waals surface area contributed by atoms with E-state index >= 15 is 0 Å². The maximum absolute atomic E-state index is 9.34. The maximum Gasteiger partial charge on any atom is 0.142 e. The Morgan fingerprint density at radius 1 is 1.00 bits per heavy atom. The minimum absolute atomic E-state index is 0.612. The van der Waals surface area contributed by atoms with E-state index in [1.54, 1.807) is 0 Å². The van der Waals surface area contributed by atoms with Crippen LogP contribution >= 0.6 is 11.8 Å². The molecule has 0 aliphatic rings. The first kappa shape index (κ1) is 13.6. The van der Waals surface area contributed by atoms with Gasteiger partial charge in [-0.2, -0.15) is 10.4 Å². The zero-order valence-electron chi connectivity index (χ0n) is 11.8. The van der Waals surface area contributed by atoms with E-state index in [9.17, 15) is 5.26 Å². The first-order chi connectivity index (χ1) is 10.2. The predicted octanol–water partition coefficient (Wildman–Crippen LogP) is 4.27. The Labute approximate surface area is 127 Å². The van der Waals surface area contributed by atoms with Crippen molar-refractivity contribution >= 4 is 22.5 Å². The number of aromatic nitrogens is 2. The molecule has 102 valence electrons. The summed E-state index contributed by atoms with van der Waals surface area (Å²) in [5.74, 6) is 0. The highest BCUT2D eigenvalue weighted by atomic mass is 32.2. The molecule has 0 amide bonds. The number of aryl methyl sites for hydroxylation is 1. The van der Waals surface area contributed by atoms with E-state index in [1.165, 1.54) is 22.5 Å². The average Bonchev–Trinajstić information content (AvgIpc) is 2.51. The molecule has 0 saturated heterocycles. The van der Waals surface area contributed by atoms with Crippen LogP contribution in [0.5, 0.6) is 0 Å². The second-order valence-electron chi connectivity index (χ2n) is 4.81. The van der Waals surface area contributed by atoms with Gasteiger partial charge in [-0.05, 0) is 42.3 Å². The first-order valence-corrected chi connectivity index (χ1v) is 7.41. The summed E-state index contributed by atoms with van der Waals surface area (Å²) < 4.78 is 0. The molecular weight excluding hydrogens is 278 g/mol. The Kier molecular flexibility index (Phi) is 3.59. The maximum atomic E-state index is 9.34. The Bertz CT molecular complexity index is 866. The van der Waals surface area contributed by atoms with Crippen molar-refractivity contribution in [3.63, 3.8) is 0 Å². The Morgan fingerprint density at radius 2 is 1.76 bits per heavy atom. The van der Waals surface area contributed by atoms with Crippen molar-refractivity contribution in [3.05, 3.63) is 59.3 Å². The van der Waals surface area contributed by atoms with Crippen molar-refractivity contribution in [2.24, 2.45) is 0 Å². The van der Waals surface area contributed by atoms with Crippen LogP contribution in [0.15, 0.2) is 52.4 Å². The van der Waals surface area contributed by atoms with Crippen LogP contribution in [0, 0.1) is 25.2 Å². The Hall–Kier alpha value is -2.38. The van der Waals surface area contributed by atoms with Crippen LogP contribution in [0.1, 0.15) is 16.8 Å². The van der Waals surface area contributed by atoms with Gasteiger partial charge in [0.25, 0.3) is 0 Å². The molecule has 0 fully saturated rings. The predicted molar refractivity (Wildman–Crippen MR) is 84.3 cm³/mol. The lowest BCUT2D eigenvalue weighted by Gasteiger charge is -2.07. The summed E-state index contributed by atoms with van der Waals surface area (Å²) in [6, 6.07) is 16.7. The normalized spacial score (nSPS) is 10.5. The smallest absolute Gasteiger partial charge is 0.142 e. The van der Waals surface area contributed by atoms with Crippen LogP contribution in [-0.4, -0.2) is 10.2 Å². The fourth-order valence-corrected chi connectivity index (χ4v) is 3.06. The molecule has 0 unspecified atom stereocenters. The molecule has 0 radical (unpaired) electrons. The summed E-state index contributed by atoms with van der Waals surface area (Å²) >= 11 is 1.48. The molecule has 0 atom stereocenters. The van der Waals surface area contributed by atoms with Crippen LogP contribution in [0.3, 0.4) is 0 Å². The molecule has 0 N–H and O–H groups in total. The van der Waals surface area contributed by atoms with Crippen molar-refractivity contribution in [1.82, 2.24) is 10.2 Å². The van der Waals surface area contributed by atoms with E-state index in [4.69, 9.17) is 0 Å². The fraction of sp³-hybridized carbons (Fsp3) is 0.118. The van der Waals surface area contributed by atoms with E-state index in [0.29, 0.717) is 10.6 Å². The molecule has 0 aliphatic carbocycles. The molecule has 3 nitrogen and oxygen atoms in total. The lowest BCUT2D eigenvalue weighted by molar-refractivity contribution is 0.871. The second kappa shape index (κ2) is 5.55. The SMILES string of the molecule is Cc1nnc(Sc2ccc3ccccc3c2)c(C#N)c1C. The standard InChI is InChI=1S/C17H13N3S/c1-11-12(2)19-20-17(16(11)10-18)21-15-8-7-13-5-3-4-6-14(13)9-15/h3-9H,1-2H3. The van der Waals surface area contributed by atoms with Gasteiger partial charge >= 0.3 is 0 Å². The monoisotopic (exact) mass is 291 g/mol. The number of rotatable bonds is 2. The van der Waals surface area contributed by atoms with Crippen molar-refractivity contribution in [2.45, 2.75) is 23.8 Å². The lowest BCUT2D eigenvalue weighted by atomic mass is 10.1. The van der Waals surface area contributed by atoms with E-state index < -0.39 is 0 Å². The number of hydrogen-bond donors (Lipinski definition) is 0. The highest BCUT2D eigenvalue weighted by Gasteiger charge is 2.12. The zero-order valence-corrected chi connectivity index (χ0v) is 12.6. The highest BCUT2D eigenvalue weighted by molar-refractivity contribution is 7.99. The van der Waals surface area contributed by atoms with Gasteiger partial charge in [0.05, 0.1) is 11.3 Å². The van der Waals surface area contributed by atoms with Gasteiger partial charge in [0.1, 0.15) is 11.1 Å². The number of benzene rings is 2. The summed E-state index contributed by atoms with van der Waals surface area (Å²) in [6.07, 6.45) is 0. The summed E-state index contributed by atoms with van der Waals surface area (Å²) in [5.41, 5.74) is 2.31. The average molecular weight is 291 g/mol. The molecule has 3 rings (SSSR count). The van der Waals surface area contributed by atoms with Crippen molar-refractivity contribution in [2.75, 3.05) is 0 Å². The summed E-state index contributed by atoms with van der Waals surface area (Å²) in [7, 11) is 0. The molecule has 1 heterocycles. The topological polar surface area (TPSA) is 49.6 Å². The lowest BCUT2D eigenvalue weighted by Crippen LogP contribution is -1.98. The van der Waals surface area contributed by atoms with Crippen LogP contribution in [-0.2, 0) is 0 Å². The third-order valence-electron chi connectivity index (χ3n) is 3.47. The quantitative estimate of drug-likeness (QED) is 0.707. The fourth-order valence-electron chi connectivity index (χ4n) is 2.13. The van der Waals surface area contributed by atoms with Gasteiger partial charge in [-0.15, -0.1) is 5.10 Å². The first-order valence-electron chi connectivity index (χ1n) is 6.59. The molecule has 0 aliphatic heterocycles. The number of nitriles is 1. The van der Waals surface area contributed by atoms with Gasteiger partial charge in [0.2, 0.25) is 0 Å². The van der Waals surface area contributed by atoms with E-state index in [1.807, 2.05) is 32.0 Å². The summed E-state index contributed by atoms with van der Waals surface area (Å²) in [5, 5.41) is 20.7. The molecule has 2 aromatic carbocycles. The largest absolute Gasteiger partial charge is 0.192 e. The Balaban J connectivity index is 2.03. The molecule has 0 saturated carbocycles. The highest BCUT2D eigenvalue weighted by Crippen LogP contribution is 2.31.